The van der Waals surface area contributed by atoms with Crippen LogP contribution in [0.15, 0.2) is 413 Å². The molecule has 0 amide bonds. The normalized spacial score (nSPS) is 11.0. The highest BCUT2D eigenvalue weighted by molar-refractivity contribution is 6.16. The predicted molar refractivity (Wildman–Crippen MR) is 574 cm³/mol. The molecule has 0 spiro atoms. The molecule has 0 N–H and O–H groups in total. The van der Waals surface area contributed by atoms with Gasteiger partial charge in [-0.3, -0.25) is 9.13 Å². The fraction of sp³-hybridized carbons (Fsp3) is 0. The molecule has 24 aromatic rings. The summed E-state index contributed by atoms with van der Waals surface area (Å²) in [7, 11) is 0. The lowest BCUT2D eigenvalue weighted by Gasteiger charge is -2.17. The highest BCUT2D eigenvalue weighted by atomic mass is 15.1. The smallest absolute Gasteiger partial charge is 0.187 e. The Morgan fingerprint density at radius 2 is 0.396 bits per heavy atom. The molecular weight excluding hydrogens is 1760 g/mol. The second-order valence-corrected chi connectivity index (χ2v) is 35.1. The van der Waals surface area contributed by atoms with Crippen molar-refractivity contribution in [3.63, 3.8) is 0 Å². The molecule has 6 aromatic heterocycles. The fourth-order valence-corrected chi connectivity index (χ4v) is 20.0. The van der Waals surface area contributed by atoms with Crippen molar-refractivity contribution in [3.8, 4) is 171 Å². The van der Waals surface area contributed by atoms with E-state index in [0.29, 0.717) is 67.8 Å². The van der Waals surface area contributed by atoms with Gasteiger partial charge in [-0.25, -0.2) is 29.3 Å². The van der Waals surface area contributed by atoms with Gasteiger partial charge >= 0.3 is 0 Å². The molecule has 6 heterocycles. The summed E-state index contributed by atoms with van der Waals surface area (Å²) < 4.78 is 8.89. The Kier molecular flexibility index (Phi) is 21.7. The summed E-state index contributed by atoms with van der Waals surface area (Å²) in [6, 6.07) is 145. The molecule has 16 nitrogen and oxygen atoms in total. The lowest BCUT2D eigenvalue weighted by atomic mass is 9.99. The van der Waals surface area contributed by atoms with E-state index in [2.05, 4.69) is 232 Å². The van der Waals surface area contributed by atoms with E-state index < -0.39 is 0 Å². The summed E-state index contributed by atoms with van der Waals surface area (Å²) in [5, 5.41) is 67.0. The van der Waals surface area contributed by atoms with E-state index in [1.54, 1.807) is 24.3 Å². The Morgan fingerprint density at radius 1 is 0.181 bits per heavy atom. The lowest BCUT2D eigenvalue weighted by molar-refractivity contribution is 1.06. The molecule has 0 bridgehead atoms. The Morgan fingerprint density at radius 3 is 0.667 bits per heavy atom. The van der Waals surface area contributed by atoms with E-state index >= 15 is 0 Å². The van der Waals surface area contributed by atoms with Crippen LogP contribution in [0.1, 0.15) is 33.4 Å². The van der Waals surface area contributed by atoms with Gasteiger partial charge in [-0.05, 0) is 270 Å². The molecule has 144 heavy (non-hydrogen) atoms. The van der Waals surface area contributed by atoms with Gasteiger partial charge in [0.15, 0.2) is 22.7 Å². The first-order valence-electron chi connectivity index (χ1n) is 46.1. The van der Waals surface area contributed by atoms with Gasteiger partial charge in [-0.2, -0.15) is 31.6 Å². The maximum Gasteiger partial charge on any atom is 0.187 e. The summed E-state index contributed by atoms with van der Waals surface area (Å²) in [5.74, 6) is 1.34. The average molecular weight is 1830 g/mol. The van der Waals surface area contributed by atoms with Crippen LogP contribution >= 0.6 is 0 Å². The number of pyridine rings is 2. The van der Waals surface area contributed by atoms with Gasteiger partial charge in [0.2, 0.25) is 0 Å². The molecule has 0 radical (unpaired) electrons. The molecule has 0 saturated heterocycles. The minimum atomic E-state index is 0.517. The van der Waals surface area contributed by atoms with Gasteiger partial charge in [0.05, 0.1) is 164 Å². The van der Waals surface area contributed by atoms with E-state index in [1.807, 2.05) is 231 Å². The molecule has 24 rings (SSSR count). The summed E-state index contributed by atoms with van der Waals surface area (Å²) in [4.78, 5) is 25.6. The van der Waals surface area contributed by atoms with Crippen LogP contribution in [0.5, 0.6) is 0 Å². The van der Waals surface area contributed by atoms with Crippen molar-refractivity contribution in [1.82, 2.24) is 28.2 Å². The number of hydrogen-bond donors (Lipinski definition) is 0. The third-order valence-electron chi connectivity index (χ3n) is 26.9. The first-order valence-corrected chi connectivity index (χ1v) is 46.1. The second-order valence-electron chi connectivity index (χ2n) is 35.1. The van der Waals surface area contributed by atoms with Crippen molar-refractivity contribution in [2.45, 2.75) is 0 Å². The molecular formula is C128H68N16. The number of hydrogen-bond acceptors (Lipinski definition) is 8. The lowest BCUT2D eigenvalue weighted by Crippen LogP contribution is -2.03. The Labute approximate surface area is 826 Å². The van der Waals surface area contributed by atoms with Gasteiger partial charge in [0.1, 0.15) is 11.6 Å². The van der Waals surface area contributed by atoms with E-state index in [0.717, 1.165) is 210 Å². The Bertz CT molecular complexity index is 9610. The average Bonchev–Trinajstić information content (AvgIpc) is 1.57. The maximum absolute atomic E-state index is 9.85. The van der Waals surface area contributed by atoms with Gasteiger partial charge < -0.3 is 9.13 Å². The predicted octanol–water partition coefficient (Wildman–Crippen LogP) is 32.7. The zero-order chi connectivity index (χ0) is 97.7. The van der Waals surface area contributed by atoms with Crippen molar-refractivity contribution >= 4 is 110 Å². The molecule has 0 fully saturated rings. The summed E-state index contributed by atoms with van der Waals surface area (Å²) in [6.45, 7) is 31.0. The Hall–Kier alpha value is -21.6. The van der Waals surface area contributed by atoms with Crippen LogP contribution in [0.4, 0.5) is 22.7 Å². The number of nitriles is 6. The maximum atomic E-state index is 9.85. The number of nitrogens with zero attached hydrogens (tertiary/aromatic N) is 16. The number of aromatic nitrogens is 6. The molecule has 0 atom stereocenters. The molecule has 0 aliphatic carbocycles. The standard InChI is InChI=1S/2C64H34N8/c1-67-51-22-16-42(17-23-51)54-36-64(72-61-26-20-48(44-11-5-9-41(29-44)38-66)33-57(61)58-35-50(21-27-62(58)72)46-13-7-15-53(31-46)69-3)70-39-63(54)71-59-24-18-47(43-10-4-8-40(28-43)37-65)32-55(59)56-34-49(19-25-60(56)71)45-12-6-14-52(30-45)68-2;1-69-53-20-14-44(15-21-53)58-34-64(72-61-32-51(47-12-4-8-42(28-47)37-67)18-24-56(61)57-25-19-52(33-62(57)72)48-13-5-9-43(29-48)38-68)70-39-63(58)71-59-30-49(45-10-2-6-40(26-45)35-65)16-22-54(59)55-23-17-50(31-60(55)71)46-11-3-7-41(27-46)36-66/h4-36,39H;2-34,39H. The highest BCUT2D eigenvalue weighted by Gasteiger charge is 2.27. The minimum absolute atomic E-state index is 0.517. The highest BCUT2D eigenvalue weighted by Crippen LogP contribution is 2.48. The van der Waals surface area contributed by atoms with Crippen LogP contribution < -0.4 is 0 Å². The third-order valence-corrected chi connectivity index (χ3v) is 26.9. The third kappa shape index (κ3) is 15.5. The fourth-order valence-electron chi connectivity index (χ4n) is 20.0. The quantitative estimate of drug-likeness (QED) is 0.0955. The molecule has 18 aromatic carbocycles. The van der Waals surface area contributed by atoms with Crippen LogP contribution in [-0.2, 0) is 0 Å². The summed E-state index contributed by atoms with van der Waals surface area (Å²) in [5.41, 5.74) is 33.2. The molecule has 0 unspecified atom stereocenters. The summed E-state index contributed by atoms with van der Waals surface area (Å²) >= 11 is 0. The van der Waals surface area contributed by atoms with Crippen molar-refractivity contribution < 1.29 is 0 Å². The first kappa shape index (κ1) is 86.5. The van der Waals surface area contributed by atoms with E-state index in [9.17, 15) is 31.6 Å². The van der Waals surface area contributed by atoms with Crippen LogP contribution in [0.3, 0.4) is 0 Å². The zero-order valence-electron chi connectivity index (χ0n) is 76.4. The molecule has 0 aliphatic rings. The monoisotopic (exact) mass is 1830 g/mol. The summed E-state index contributed by atoms with van der Waals surface area (Å²) in [6.07, 6.45) is 3.86. The number of rotatable bonds is 14. The molecule has 16 heteroatoms. The topological polar surface area (TPSA) is 206 Å². The van der Waals surface area contributed by atoms with Crippen LogP contribution in [0.2, 0.25) is 0 Å². The van der Waals surface area contributed by atoms with Gasteiger partial charge in [-0.15, -0.1) is 0 Å². The van der Waals surface area contributed by atoms with Crippen LogP contribution in [-0.4, -0.2) is 28.2 Å². The molecule has 660 valence electrons. The number of fused-ring (bicyclic) bond motifs is 12. The molecule has 0 aliphatic heterocycles. The molecule has 0 saturated carbocycles. The van der Waals surface area contributed by atoms with Crippen molar-refractivity contribution in [1.29, 1.82) is 31.6 Å². The second kappa shape index (κ2) is 36.2. The van der Waals surface area contributed by atoms with Crippen molar-refractivity contribution in [2.75, 3.05) is 0 Å². The van der Waals surface area contributed by atoms with E-state index in [4.69, 9.17) is 36.3 Å². The van der Waals surface area contributed by atoms with E-state index in [1.165, 1.54) is 0 Å². The largest absolute Gasteiger partial charge is 0.307 e. The first-order chi connectivity index (χ1) is 70.8. The van der Waals surface area contributed by atoms with Crippen molar-refractivity contribution in [3.05, 3.63) is 492 Å². The van der Waals surface area contributed by atoms with Crippen LogP contribution in [0.25, 0.3) is 241 Å². The zero-order valence-corrected chi connectivity index (χ0v) is 76.4. The van der Waals surface area contributed by atoms with Gasteiger partial charge in [0.25, 0.3) is 0 Å². The SMILES string of the molecule is [C-]#[N+]c1ccc(-c2cc(-n3c4cc(-c5cccc(C#N)c5)ccc4c4ccc(-c5cccc(C#N)c5)cc43)ncc2-n2c3cc(-c4cccc(C#N)c4)ccc3c3ccc(-c4cccc(C#N)c4)cc32)cc1.[C-]#[N+]c1ccc(-c2cc(-n3c4ccc(-c5cccc(C#N)c5)cc4c4cc(-c5cccc([N+]#[C-])c5)ccc43)ncc2-n2c3ccc(-c4cccc(C#N)c4)cc3c3cc(-c4cccc([N+]#[C-])c4)ccc32)cc1. The number of benzene rings is 18. The Balaban J connectivity index is 0.000000159. The van der Waals surface area contributed by atoms with E-state index in [-0.39, 0.29) is 0 Å². The van der Waals surface area contributed by atoms with Gasteiger partial charge in [-0.1, -0.05) is 231 Å². The minimum Gasteiger partial charge on any atom is -0.307 e. The van der Waals surface area contributed by atoms with Gasteiger partial charge in [0, 0.05) is 54.2 Å². The van der Waals surface area contributed by atoms with Crippen LogP contribution in [0, 0.1) is 94.3 Å². The van der Waals surface area contributed by atoms with Crippen molar-refractivity contribution in [2.24, 2.45) is 0 Å².